The molecule has 0 saturated carbocycles. The van der Waals surface area contributed by atoms with Crippen LogP contribution >= 0.6 is 10.2 Å². The Morgan fingerprint density at radius 1 is 1.04 bits per heavy atom. The SMILES string of the molecule is CN1C(=O)CC(c2cccc(-c3ccc(S(F)(F)(F)(F)F)cc3)c2)N=C1N. The lowest BCUT2D eigenvalue weighted by Crippen LogP contribution is -2.42. The van der Waals surface area contributed by atoms with Crippen molar-refractivity contribution in [3.05, 3.63) is 54.1 Å². The molecule has 10 heteroatoms. The number of nitrogens with zero attached hydrogens (tertiary/aromatic N) is 2. The molecule has 2 aromatic carbocycles. The summed E-state index contributed by atoms with van der Waals surface area (Å²) in [7, 11) is -8.19. The van der Waals surface area contributed by atoms with Gasteiger partial charge >= 0.3 is 10.2 Å². The van der Waals surface area contributed by atoms with Crippen molar-refractivity contribution in [3.8, 4) is 11.1 Å². The van der Waals surface area contributed by atoms with Crippen LogP contribution in [0.1, 0.15) is 18.0 Å². The number of hydrogen-bond acceptors (Lipinski definition) is 3. The van der Waals surface area contributed by atoms with Crippen LogP contribution in [0.3, 0.4) is 0 Å². The molecule has 2 aromatic rings. The molecular weight excluding hydrogens is 389 g/mol. The average Bonchev–Trinajstić information content (AvgIpc) is 2.57. The fourth-order valence-electron chi connectivity index (χ4n) is 2.74. The predicted octanol–water partition coefficient (Wildman–Crippen LogP) is 5.23. The molecule has 0 aromatic heterocycles. The molecule has 1 heterocycles. The molecule has 4 nitrogen and oxygen atoms in total. The molecule has 1 unspecified atom stereocenters. The first-order valence-electron chi connectivity index (χ1n) is 7.79. The second-order valence-corrected chi connectivity index (χ2v) is 8.69. The van der Waals surface area contributed by atoms with Gasteiger partial charge in [0.15, 0.2) is 5.96 Å². The molecule has 27 heavy (non-hydrogen) atoms. The highest BCUT2D eigenvalue weighted by Crippen LogP contribution is 3.02. The third kappa shape index (κ3) is 4.05. The third-order valence-corrected chi connectivity index (χ3v) is 5.44. The average molecular weight is 405 g/mol. The van der Waals surface area contributed by atoms with E-state index in [2.05, 4.69) is 4.99 Å². The first-order valence-corrected chi connectivity index (χ1v) is 9.74. The van der Waals surface area contributed by atoms with E-state index in [0.717, 1.165) is 12.1 Å². The minimum Gasteiger partial charge on any atom is -0.369 e. The van der Waals surface area contributed by atoms with Crippen LogP contribution < -0.4 is 5.73 Å². The molecule has 0 saturated heterocycles. The van der Waals surface area contributed by atoms with E-state index in [9.17, 15) is 24.2 Å². The van der Waals surface area contributed by atoms with Gasteiger partial charge in [-0.05, 0) is 34.9 Å². The molecule has 1 aliphatic heterocycles. The van der Waals surface area contributed by atoms with Crippen LogP contribution in [-0.2, 0) is 4.79 Å². The van der Waals surface area contributed by atoms with Crippen molar-refractivity contribution in [3.63, 3.8) is 0 Å². The summed E-state index contributed by atoms with van der Waals surface area (Å²) in [5.74, 6) is -0.139. The van der Waals surface area contributed by atoms with Gasteiger partial charge in [-0.15, -0.1) is 0 Å². The Balaban J connectivity index is 1.94. The Labute approximate surface area is 152 Å². The van der Waals surface area contributed by atoms with Gasteiger partial charge in [0.05, 0.1) is 12.5 Å². The van der Waals surface area contributed by atoms with Crippen LogP contribution in [0.5, 0.6) is 0 Å². The van der Waals surface area contributed by atoms with E-state index in [1.807, 2.05) is 0 Å². The van der Waals surface area contributed by atoms with Crippen molar-refractivity contribution >= 4 is 22.1 Å². The quantitative estimate of drug-likeness (QED) is 0.711. The fraction of sp³-hybridized carbons (Fsp3) is 0.176. The Hall–Kier alpha value is -2.62. The number of aliphatic imine (C=N–C) groups is 1. The fourth-order valence-corrected chi connectivity index (χ4v) is 3.39. The molecule has 2 N–H and O–H groups in total. The van der Waals surface area contributed by atoms with Gasteiger partial charge < -0.3 is 5.73 Å². The first kappa shape index (κ1) is 19.2. The predicted molar refractivity (Wildman–Crippen MR) is 95.0 cm³/mol. The normalized spacial score (nSPS) is 20.7. The van der Waals surface area contributed by atoms with Gasteiger partial charge in [-0.25, -0.2) is 4.99 Å². The maximum absolute atomic E-state index is 12.8. The molecule has 146 valence electrons. The molecule has 0 spiro atoms. The second-order valence-electron chi connectivity index (χ2n) is 6.28. The highest BCUT2D eigenvalue weighted by Gasteiger charge is 2.65. The van der Waals surface area contributed by atoms with E-state index in [4.69, 9.17) is 5.73 Å². The molecule has 0 fully saturated rings. The Morgan fingerprint density at radius 2 is 1.67 bits per heavy atom. The van der Waals surface area contributed by atoms with Gasteiger partial charge in [0.25, 0.3) is 0 Å². The lowest BCUT2D eigenvalue weighted by atomic mass is 9.97. The second kappa shape index (κ2) is 5.44. The summed E-state index contributed by atoms with van der Waals surface area (Å²) >= 11 is 0. The number of halogens is 5. The standard InChI is InChI=1S/C17H16F5N3OS/c1-25-16(26)10-15(24-17(25)23)13-4-2-3-12(9-13)11-5-7-14(8-6-11)27(18,19,20,21)22/h2-9,15H,10H2,1H3,(H2,23,24). The van der Waals surface area contributed by atoms with Crippen LogP contribution in [0.15, 0.2) is 58.4 Å². The van der Waals surface area contributed by atoms with E-state index in [-0.39, 0.29) is 18.3 Å². The van der Waals surface area contributed by atoms with Gasteiger partial charge in [0.1, 0.15) is 4.90 Å². The number of guanidine groups is 1. The van der Waals surface area contributed by atoms with Crippen LogP contribution in [-0.4, -0.2) is 23.8 Å². The molecule has 1 aliphatic rings. The maximum atomic E-state index is 12.8. The van der Waals surface area contributed by atoms with Crippen LogP contribution in [0.2, 0.25) is 0 Å². The molecular formula is C17H16F5N3OS. The van der Waals surface area contributed by atoms with Crippen molar-refractivity contribution in [2.75, 3.05) is 7.05 Å². The zero-order chi connectivity index (χ0) is 20.1. The summed E-state index contributed by atoms with van der Waals surface area (Å²) in [6.07, 6.45) is 0.101. The van der Waals surface area contributed by atoms with Crippen molar-refractivity contribution in [1.29, 1.82) is 0 Å². The summed E-state index contributed by atoms with van der Waals surface area (Å²) < 4.78 is 64.2. The highest BCUT2D eigenvalue weighted by molar-refractivity contribution is 8.45. The minimum absolute atomic E-state index is 0.0712. The van der Waals surface area contributed by atoms with Gasteiger partial charge in [-0.2, -0.15) is 0 Å². The summed E-state index contributed by atoms with van der Waals surface area (Å²) in [5, 5.41) is 0. The van der Waals surface area contributed by atoms with E-state index in [1.54, 1.807) is 24.3 Å². The zero-order valence-electron chi connectivity index (χ0n) is 14.1. The lowest BCUT2D eigenvalue weighted by molar-refractivity contribution is -0.127. The lowest BCUT2D eigenvalue weighted by Gasteiger charge is -2.40. The Morgan fingerprint density at radius 3 is 2.22 bits per heavy atom. The topological polar surface area (TPSA) is 58.7 Å². The van der Waals surface area contributed by atoms with Crippen molar-refractivity contribution in [2.45, 2.75) is 17.4 Å². The number of benzene rings is 2. The summed E-state index contributed by atoms with van der Waals surface area (Å²) in [4.78, 5) is 15.5. The van der Waals surface area contributed by atoms with Crippen LogP contribution in [0, 0.1) is 0 Å². The van der Waals surface area contributed by atoms with Crippen molar-refractivity contribution in [2.24, 2.45) is 10.7 Å². The number of carbonyl (C=O) groups is 1. The monoisotopic (exact) mass is 405 g/mol. The molecule has 0 aliphatic carbocycles. The molecule has 3 rings (SSSR count). The third-order valence-electron chi connectivity index (χ3n) is 4.28. The maximum Gasteiger partial charge on any atom is 0.310 e. The number of rotatable bonds is 3. The summed E-state index contributed by atoms with van der Waals surface area (Å²) in [6, 6.07) is 8.85. The highest BCUT2D eigenvalue weighted by atomic mass is 32.5. The number of nitrogens with two attached hydrogens (primary N) is 1. The van der Waals surface area contributed by atoms with Crippen molar-refractivity contribution in [1.82, 2.24) is 4.90 Å². The minimum atomic E-state index is -9.70. The van der Waals surface area contributed by atoms with Gasteiger partial charge in [0, 0.05) is 7.05 Å². The molecule has 1 amide bonds. The molecule has 0 bridgehead atoms. The number of carbonyl (C=O) groups excluding carboxylic acids is 1. The van der Waals surface area contributed by atoms with Crippen molar-refractivity contribution < 1.29 is 24.2 Å². The summed E-state index contributed by atoms with van der Waals surface area (Å²) in [6.45, 7) is 0. The van der Waals surface area contributed by atoms with Gasteiger partial charge in [-0.1, -0.05) is 49.8 Å². The van der Waals surface area contributed by atoms with E-state index in [0.29, 0.717) is 28.8 Å². The molecule has 1 atom stereocenters. The van der Waals surface area contributed by atoms with Crippen LogP contribution in [0.25, 0.3) is 11.1 Å². The Bertz CT molecular complexity index is 942. The number of hydrogen-bond donors (Lipinski definition) is 1. The van der Waals surface area contributed by atoms with E-state index >= 15 is 0 Å². The smallest absolute Gasteiger partial charge is 0.310 e. The number of amides is 1. The van der Waals surface area contributed by atoms with E-state index in [1.165, 1.54) is 11.9 Å². The zero-order valence-corrected chi connectivity index (χ0v) is 14.9. The summed E-state index contributed by atoms with van der Waals surface area (Å²) in [5.41, 5.74) is 7.20. The van der Waals surface area contributed by atoms with Gasteiger partial charge in [0.2, 0.25) is 5.91 Å². The van der Waals surface area contributed by atoms with Crippen LogP contribution in [0.4, 0.5) is 19.4 Å². The Kier molecular flexibility index (Phi) is 3.86. The molecule has 0 radical (unpaired) electrons. The first-order chi connectivity index (χ1) is 12.2. The van der Waals surface area contributed by atoms with Gasteiger partial charge in [-0.3, -0.25) is 9.69 Å². The van der Waals surface area contributed by atoms with E-state index < -0.39 is 21.2 Å². The largest absolute Gasteiger partial charge is 0.369 e.